The van der Waals surface area contributed by atoms with Crippen LogP contribution < -0.4 is 10.1 Å². The minimum absolute atomic E-state index is 0.485. The molecule has 0 amide bonds. The molecule has 0 unspecified atom stereocenters. The second-order valence-electron chi connectivity index (χ2n) is 3.22. The van der Waals surface area contributed by atoms with Gasteiger partial charge < -0.3 is 10.1 Å². The van der Waals surface area contributed by atoms with Gasteiger partial charge in [0.1, 0.15) is 5.75 Å². The van der Waals surface area contributed by atoms with Crippen molar-refractivity contribution in [2.75, 3.05) is 12.4 Å². The van der Waals surface area contributed by atoms with E-state index >= 15 is 0 Å². The minimum Gasteiger partial charge on any atom is -0.497 e. The molecule has 1 aromatic rings. The lowest BCUT2D eigenvalue weighted by Gasteiger charge is -2.02. The van der Waals surface area contributed by atoms with Crippen molar-refractivity contribution in [3.63, 3.8) is 0 Å². The average molecular weight is 236 g/mol. The molecule has 1 aromatic carbocycles. The van der Waals surface area contributed by atoms with Crippen molar-refractivity contribution >= 4 is 11.5 Å². The number of anilines is 1. The lowest BCUT2D eigenvalue weighted by Crippen LogP contribution is -2.09. The maximum absolute atomic E-state index is 10.9. The third-order valence-electron chi connectivity index (χ3n) is 2.02. The Morgan fingerprint density at radius 2 is 2.00 bits per heavy atom. The number of hydrogen-bond donors (Lipinski definition) is 1. The van der Waals surface area contributed by atoms with Gasteiger partial charge in [0.2, 0.25) is 5.78 Å². The van der Waals surface area contributed by atoms with Crippen LogP contribution in [0.25, 0.3) is 0 Å². The molecule has 0 aliphatic rings. The summed E-state index contributed by atoms with van der Waals surface area (Å²) in [7, 11) is 1.54. The fourth-order valence-corrected chi connectivity index (χ4v) is 1.12. The number of rotatable bonds is 5. The van der Waals surface area contributed by atoms with Gasteiger partial charge in [0.25, 0.3) is 0 Å². The first-order valence-corrected chi connectivity index (χ1v) is 4.80. The van der Waals surface area contributed by atoms with Gasteiger partial charge in [-0.25, -0.2) is 0 Å². The third kappa shape index (κ3) is 3.60. The van der Waals surface area contributed by atoms with Gasteiger partial charge in [-0.2, -0.15) is 0 Å². The first-order valence-electron chi connectivity index (χ1n) is 4.80. The van der Waals surface area contributed by atoms with Crippen LogP contribution in [0, 0.1) is 10.1 Å². The number of benzene rings is 1. The topological polar surface area (TPSA) is 81.5 Å². The van der Waals surface area contributed by atoms with Crippen molar-refractivity contribution in [2.24, 2.45) is 0 Å². The molecule has 0 aliphatic heterocycles. The van der Waals surface area contributed by atoms with E-state index in [1.165, 1.54) is 0 Å². The number of carbonyl (C=O) groups is 1. The number of methoxy groups -OCH3 is 1. The van der Waals surface area contributed by atoms with Crippen LogP contribution in [0.2, 0.25) is 0 Å². The Balaban J connectivity index is 2.80. The Kier molecular flexibility index (Phi) is 4.21. The fourth-order valence-electron chi connectivity index (χ4n) is 1.12. The number of hydrogen-bond acceptors (Lipinski definition) is 5. The van der Waals surface area contributed by atoms with Gasteiger partial charge in [-0.3, -0.25) is 14.9 Å². The average Bonchev–Trinajstić information content (AvgIpc) is 2.29. The lowest BCUT2D eigenvalue weighted by molar-refractivity contribution is -0.418. The number of nitrogens with zero attached hydrogens (tertiary/aromatic N) is 1. The van der Waals surface area contributed by atoms with Crippen molar-refractivity contribution in [2.45, 2.75) is 6.92 Å². The molecule has 0 radical (unpaired) electrons. The van der Waals surface area contributed by atoms with E-state index in [9.17, 15) is 14.9 Å². The molecule has 0 atom stereocenters. The van der Waals surface area contributed by atoms with Gasteiger partial charge in [-0.1, -0.05) is 0 Å². The predicted octanol–water partition coefficient (Wildman–Crippen LogP) is 1.81. The highest BCUT2D eigenvalue weighted by Crippen LogP contribution is 2.15. The van der Waals surface area contributed by atoms with Crippen LogP contribution in [0.15, 0.2) is 36.2 Å². The summed E-state index contributed by atoms with van der Waals surface area (Å²) >= 11 is 0. The van der Waals surface area contributed by atoms with E-state index in [-0.39, 0.29) is 0 Å². The van der Waals surface area contributed by atoms with Gasteiger partial charge in [-0.15, -0.1) is 0 Å². The molecular weight excluding hydrogens is 224 g/mol. The molecule has 0 aromatic heterocycles. The first kappa shape index (κ1) is 12.7. The van der Waals surface area contributed by atoms with E-state index in [4.69, 9.17) is 4.74 Å². The van der Waals surface area contributed by atoms with E-state index in [1.54, 1.807) is 31.4 Å². The molecule has 0 heterocycles. The largest absolute Gasteiger partial charge is 0.497 e. The summed E-state index contributed by atoms with van der Waals surface area (Å²) in [4.78, 5) is 20.7. The Bertz CT molecular complexity index is 435. The zero-order valence-electron chi connectivity index (χ0n) is 9.47. The highest BCUT2D eigenvalue weighted by molar-refractivity contribution is 5.91. The standard InChI is InChI=1S/C11H12N2O4/c1-8(14)11(13(15)16)7-12-9-3-5-10(17-2)6-4-9/h3-7,12H,1-2H3/b11-7-. The smallest absolute Gasteiger partial charge is 0.327 e. The fraction of sp³-hybridized carbons (Fsp3) is 0.182. The summed E-state index contributed by atoms with van der Waals surface area (Å²) in [6.45, 7) is 1.14. The Labute approximate surface area is 98.0 Å². The van der Waals surface area contributed by atoms with Crippen molar-refractivity contribution < 1.29 is 14.5 Å². The van der Waals surface area contributed by atoms with E-state index in [0.29, 0.717) is 11.4 Å². The van der Waals surface area contributed by atoms with Gasteiger partial charge in [0, 0.05) is 12.6 Å². The van der Waals surface area contributed by atoms with Crippen LogP contribution in [0.1, 0.15) is 6.92 Å². The highest BCUT2D eigenvalue weighted by Gasteiger charge is 2.16. The van der Waals surface area contributed by atoms with Crippen molar-refractivity contribution in [1.29, 1.82) is 0 Å². The summed E-state index contributed by atoms with van der Waals surface area (Å²) in [5.41, 5.74) is 0.146. The second-order valence-corrected chi connectivity index (χ2v) is 3.22. The molecule has 90 valence electrons. The monoisotopic (exact) mass is 236 g/mol. The molecule has 6 nitrogen and oxygen atoms in total. The number of ketones is 1. The molecule has 0 saturated carbocycles. The van der Waals surface area contributed by atoms with E-state index in [0.717, 1.165) is 13.1 Å². The SMILES string of the molecule is COc1ccc(N/C=C(/C(C)=O)[N+](=O)[O-])cc1. The highest BCUT2D eigenvalue weighted by atomic mass is 16.6. The molecule has 17 heavy (non-hydrogen) atoms. The Morgan fingerprint density at radius 3 is 2.41 bits per heavy atom. The first-order chi connectivity index (χ1) is 8.04. The molecule has 1 N–H and O–H groups in total. The van der Waals surface area contributed by atoms with E-state index < -0.39 is 16.4 Å². The second kappa shape index (κ2) is 5.64. The van der Waals surface area contributed by atoms with E-state index in [2.05, 4.69) is 5.32 Å². The molecule has 0 spiro atoms. The summed E-state index contributed by atoms with van der Waals surface area (Å²) in [5, 5.41) is 13.2. The number of carbonyl (C=O) groups excluding carboxylic acids is 1. The molecule has 0 bridgehead atoms. The van der Waals surface area contributed by atoms with Gasteiger partial charge in [0.05, 0.1) is 18.2 Å². The number of allylic oxidation sites excluding steroid dienone is 1. The molecule has 6 heteroatoms. The summed E-state index contributed by atoms with van der Waals surface area (Å²) in [6.07, 6.45) is 1.07. The van der Waals surface area contributed by atoms with Gasteiger partial charge in [0.15, 0.2) is 0 Å². The molecule has 0 saturated heterocycles. The lowest BCUT2D eigenvalue weighted by atomic mass is 10.3. The molecule has 0 aliphatic carbocycles. The Hall–Kier alpha value is -2.37. The number of Topliss-reactive ketones (excluding diaryl/α,β-unsaturated/α-hetero) is 1. The van der Waals surface area contributed by atoms with Crippen molar-refractivity contribution in [3.8, 4) is 5.75 Å². The summed E-state index contributed by atoms with van der Waals surface area (Å²) < 4.78 is 4.97. The van der Waals surface area contributed by atoms with Crippen LogP contribution in [0.5, 0.6) is 5.75 Å². The number of ether oxygens (including phenoxy) is 1. The summed E-state index contributed by atoms with van der Waals surface area (Å²) in [5.74, 6) is 0.0802. The Morgan fingerprint density at radius 1 is 1.41 bits per heavy atom. The zero-order chi connectivity index (χ0) is 12.8. The van der Waals surface area contributed by atoms with Crippen LogP contribution >= 0.6 is 0 Å². The molecule has 1 rings (SSSR count). The van der Waals surface area contributed by atoms with Gasteiger partial charge >= 0.3 is 5.70 Å². The number of nitro groups is 1. The quantitative estimate of drug-likeness (QED) is 0.479. The van der Waals surface area contributed by atoms with Crippen LogP contribution in [0.4, 0.5) is 5.69 Å². The normalized spacial score (nSPS) is 10.8. The molecule has 0 fully saturated rings. The molecular formula is C11H12N2O4. The van der Waals surface area contributed by atoms with Crippen LogP contribution in [-0.4, -0.2) is 17.8 Å². The zero-order valence-corrected chi connectivity index (χ0v) is 9.47. The summed E-state index contributed by atoms with van der Waals surface area (Å²) in [6, 6.07) is 6.78. The van der Waals surface area contributed by atoms with Crippen LogP contribution in [0.3, 0.4) is 0 Å². The van der Waals surface area contributed by atoms with E-state index in [1.807, 2.05) is 0 Å². The maximum atomic E-state index is 10.9. The van der Waals surface area contributed by atoms with Crippen molar-refractivity contribution in [3.05, 3.63) is 46.3 Å². The van der Waals surface area contributed by atoms with Crippen LogP contribution in [-0.2, 0) is 4.79 Å². The predicted molar refractivity (Wildman–Crippen MR) is 62.4 cm³/mol. The maximum Gasteiger partial charge on any atom is 0.327 e. The number of nitrogens with one attached hydrogen (secondary N) is 1. The van der Waals surface area contributed by atoms with Gasteiger partial charge in [-0.05, 0) is 24.3 Å². The van der Waals surface area contributed by atoms with Crippen molar-refractivity contribution in [1.82, 2.24) is 0 Å². The third-order valence-corrected chi connectivity index (χ3v) is 2.02. The minimum atomic E-state index is -0.723.